The number of hydrogen-bond donors (Lipinski definition) is 2. The molecule has 28 heavy (non-hydrogen) atoms. The Morgan fingerprint density at radius 2 is 2.04 bits per heavy atom. The number of carbonyl (C=O) groups is 4. The van der Waals surface area contributed by atoms with Gasteiger partial charge in [-0.3, -0.25) is 19.7 Å². The molecule has 4 amide bonds. The molecule has 1 unspecified atom stereocenters. The quantitative estimate of drug-likeness (QED) is 0.761. The number of piperidine rings is 1. The van der Waals surface area contributed by atoms with Gasteiger partial charge in [0.2, 0.25) is 11.8 Å². The van der Waals surface area contributed by atoms with Crippen molar-refractivity contribution >= 4 is 23.8 Å². The standard InChI is InChI=1S/C20H21N3O5/c24-16-4-3-15(17(25)21-16)23-9-13-2-1-11(5-14(13)18(23)26)10-28-19(27)22-20-6-12(7-20)8-20/h1-2,5,12,15H,3-4,6-10H2,(H,22,27)(H,21,24,25). The Hall–Kier alpha value is -2.90. The van der Waals surface area contributed by atoms with E-state index < -0.39 is 18.0 Å². The highest BCUT2D eigenvalue weighted by atomic mass is 16.5. The van der Waals surface area contributed by atoms with Crippen LogP contribution in [0.3, 0.4) is 0 Å². The molecule has 5 aliphatic rings. The summed E-state index contributed by atoms with van der Waals surface area (Å²) in [6.07, 6.45) is 3.29. The molecule has 6 rings (SSSR count). The van der Waals surface area contributed by atoms with E-state index in [2.05, 4.69) is 10.6 Å². The maximum Gasteiger partial charge on any atom is 0.407 e. The zero-order valence-corrected chi connectivity index (χ0v) is 15.3. The molecule has 1 aromatic carbocycles. The third kappa shape index (κ3) is 2.75. The van der Waals surface area contributed by atoms with Gasteiger partial charge in [0, 0.05) is 24.1 Å². The molecule has 2 aliphatic heterocycles. The van der Waals surface area contributed by atoms with Crippen molar-refractivity contribution < 1.29 is 23.9 Å². The number of carbonyl (C=O) groups excluding carboxylic acids is 4. The first kappa shape index (κ1) is 17.2. The molecule has 146 valence electrons. The number of fused-ring (bicyclic) bond motifs is 1. The van der Waals surface area contributed by atoms with Gasteiger partial charge in [-0.05, 0) is 48.8 Å². The van der Waals surface area contributed by atoms with Crippen molar-refractivity contribution in [1.29, 1.82) is 0 Å². The Labute approximate surface area is 161 Å². The largest absolute Gasteiger partial charge is 0.445 e. The lowest BCUT2D eigenvalue weighted by atomic mass is 9.50. The molecule has 4 fully saturated rings. The predicted octanol–water partition coefficient (Wildman–Crippen LogP) is 1.23. The van der Waals surface area contributed by atoms with Crippen molar-refractivity contribution in [2.75, 3.05) is 0 Å². The van der Waals surface area contributed by atoms with E-state index in [1.54, 1.807) is 6.07 Å². The summed E-state index contributed by atoms with van der Waals surface area (Å²) in [6.45, 7) is 0.427. The van der Waals surface area contributed by atoms with Gasteiger partial charge in [-0.25, -0.2) is 4.79 Å². The van der Waals surface area contributed by atoms with Crippen LogP contribution in [-0.4, -0.2) is 40.3 Å². The Morgan fingerprint density at radius 3 is 2.71 bits per heavy atom. The number of hydrogen-bond acceptors (Lipinski definition) is 5. The van der Waals surface area contributed by atoms with Crippen molar-refractivity contribution in [3.63, 3.8) is 0 Å². The van der Waals surface area contributed by atoms with E-state index in [0.717, 1.165) is 36.3 Å². The van der Waals surface area contributed by atoms with Gasteiger partial charge < -0.3 is 15.0 Å². The highest BCUT2D eigenvalue weighted by Crippen LogP contribution is 2.56. The molecule has 2 heterocycles. The maximum atomic E-state index is 12.8. The van der Waals surface area contributed by atoms with Crippen LogP contribution in [0.5, 0.6) is 0 Å². The van der Waals surface area contributed by atoms with Gasteiger partial charge in [-0.2, -0.15) is 0 Å². The normalized spacial score (nSPS) is 30.1. The molecule has 3 saturated carbocycles. The zero-order chi connectivity index (χ0) is 19.5. The van der Waals surface area contributed by atoms with Crippen molar-refractivity contribution in [1.82, 2.24) is 15.5 Å². The third-order valence-corrected chi connectivity index (χ3v) is 6.37. The van der Waals surface area contributed by atoms with Crippen molar-refractivity contribution in [2.24, 2.45) is 5.92 Å². The molecule has 0 spiro atoms. The lowest BCUT2D eigenvalue weighted by Gasteiger charge is -2.61. The van der Waals surface area contributed by atoms with Gasteiger partial charge in [0.15, 0.2) is 0 Å². The second kappa shape index (κ2) is 6.05. The summed E-state index contributed by atoms with van der Waals surface area (Å²) in [5.41, 5.74) is 2.05. The monoisotopic (exact) mass is 383 g/mol. The fourth-order valence-electron chi connectivity index (χ4n) is 4.72. The van der Waals surface area contributed by atoms with Crippen LogP contribution in [-0.2, 0) is 27.5 Å². The molecule has 2 N–H and O–H groups in total. The first-order chi connectivity index (χ1) is 13.4. The fraction of sp³-hybridized carbons (Fsp3) is 0.500. The average Bonchev–Trinajstić information content (AvgIpc) is 2.92. The molecule has 0 radical (unpaired) electrons. The first-order valence-corrected chi connectivity index (χ1v) is 9.64. The van der Waals surface area contributed by atoms with Gasteiger partial charge in [-0.15, -0.1) is 0 Å². The topological polar surface area (TPSA) is 105 Å². The minimum Gasteiger partial charge on any atom is -0.445 e. The van der Waals surface area contributed by atoms with E-state index in [4.69, 9.17) is 4.74 Å². The average molecular weight is 383 g/mol. The second-order valence-corrected chi connectivity index (χ2v) is 8.35. The smallest absolute Gasteiger partial charge is 0.407 e. The zero-order valence-electron chi connectivity index (χ0n) is 15.3. The van der Waals surface area contributed by atoms with Crippen molar-refractivity contribution in [3.05, 3.63) is 34.9 Å². The Morgan fingerprint density at radius 1 is 1.25 bits per heavy atom. The van der Waals surface area contributed by atoms with E-state index in [-0.39, 0.29) is 30.4 Å². The molecule has 3 aliphatic carbocycles. The van der Waals surface area contributed by atoms with Crippen LogP contribution in [0.15, 0.2) is 18.2 Å². The van der Waals surface area contributed by atoms with Crippen LogP contribution in [0, 0.1) is 5.92 Å². The van der Waals surface area contributed by atoms with E-state index in [0.29, 0.717) is 18.5 Å². The fourth-order valence-corrected chi connectivity index (χ4v) is 4.72. The van der Waals surface area contributed by atoms with Gasteiger partial charge in [0.1, 0.15) is 12.6 Å². The highest BCUT2D eigenvalue weighted by Gasteiger charge is 2.57. The summed E-state index contributed by atoms with van der Waals surface area (Å²) < 4.78 is 5.31. The molecule has 8 heteroatoms. The van der Waals surface area contributed by atoms with Gasteiger partial charge in [0.05, 0.1) is 0 Å². The number of imide groups is 1. The molecule has 1 atom stereocenters. The predicted molar refractivity (Wildman–Crippen MR) is 95.9 cm³/mol. The number of alkyl carbamates (subject to hydrolysis) is 1. The lowest BCUT2D eigenvalue weighted by Crippen LogP contribution is -2.68. The molecule has 2 bridgehead atoms. The molecule has 1 aromatic rings. The molecule has 0 aromatic heterocycles. The van der Waals surface area contributed by atoms with Crippen LogP contribution in [0.25, 0.3) is 0 Å². The Balaban J connectivity index is 1.22. The molecule has 8 nitrogen and oxygen atoms in total. The first-order valence-electron chi connectivity index (χ1n) is 9.64. The number of amides is 4. The summed E-state index contributed by atoms with van der Waals surface area (Å²) in [4.78, 5) is 49.7. The number of nitrogens with one attached hydrogen (secondary N) is 2. The van der Waals surface area contributed by atoms with Gasteiger partial charge >= 0.3 is 6.09 Å². The van der Waals surface area contributed by atoms with E-state index >= 15 is 0 Å². The van der Waals surface area contributed by atoms with E-state index in [1.165, 1.54) is 4.90 Å². The van der Waals surface area contributed by atoms with Gasteiger partial charge in [0.25, 0.3) is 5.91 Å². The molecule has 1 saturated heterocycles. The summed E-state index contributed by atoms with van der Waals surface area (Å²) in [5.74, 6) is -0.187. The SMILES string of the molecule is O=C1CCC(N2Cc3ccc(COC(=O)NC45CC(C4)C5)cc3C2=O)C(=O)N1. The number of rotatable bonds is 4. The molecular weight excluding hydrogens is 362 g/mol. The number of nitrogens with zero attached hydrogens (tertiary/aromatic N) is 1. The minimum absolute atomic E-state index is 0.0297. The van der Waals surface area contributed by atoms with Crippen LogP contribution in [0.2, 0.25) is 0 Å². The van der Waals surface area contributed by atoms with Crippen molar-refractivity contribution in [3.8, 4) is 0 Å². The Bertz CT molecular complexity index is 894. The van der Waals surface area contributed by atoms with Gasteiger partial charge in [-0.1, -0.05) is 12.1 Å². The maximum absolute atomic E-state index is 12.8. The van der Waals surface area contributed by atoms with Crippen LogP contribution in [0.4, 0.5) is 4.79 Å². The number of ether oxygens (including phenoxy) is 1. The Kier molecular flexibility index (Phi) is 3.72. The van der Waals surface area contributed by atoms with E-state index in [9.17, 15) is 19.2 Å². The summed E-state index contributed by atoms with van der Waals surface area (Å²) in [5, 5.41) is 5.23. The number of benzene rings is 1. The van der Waals surface area contributed by atoms with Crippen molar-refractivity contribution in [2.45, 2.75) is 56.8 Å². The minimum atomic E-state index is -0.629. The van der Waals surface area contributed by atoms with Crippen LogP contribution < -0.4 is 10.6 Å². The summed E-state index contributed by atoms with van der Waals surface area (Å²) in [6, 6.07) is 4.75. The van der Waals surface area contributed by atoms with E-state index in [1.807, 2.05) is 12.1 Å². The second-order valence-electron chi connectivity index (χ2n) is 8.35. The highest BCUT2D eigenvalue weighted by molar-refractivity contribution is 6.05. The molecular formula is C20H21N3O5. The third-order valence-electron chi connectivity index (χ3n) is 6.37. The summed E-state index contributed by atoms with van der Waals surface area (Å²) >= 11 is 0. The summed E-state index contributed by atoms with van der Waals surface area (Å²) in [7, 11) is 0. The van der Waals surface area contributed by atoms with Crippen LogP contribution in [0.1, 0.15) is 53.6 Å². The van der Waals surface area contributed by atoms with Crippen LogP contribution >= 0.6 is 0 Å². The lowest BCUT2D eigenvalue weighted by molar-refractivity contribution is -0.136.